The Kier molecular flexibility index (Phi) is 6.98. The summed E-state index contributed by atoms with van der Waals surface area (Å²) in [4.78, 5) is 9.29. The normalized spacial score (nSPS) is 20.5. The zero-order chi connectivity index (χ0) is 22.6. The molecule has 31 heavy (non-hydrogen) atoms. The molecule has 2 heterocycles. The number of halogens is 6. The minimum absolute atomic E-state index is 0.221. The van der Waals surface area contributed by atoms with Crippen molar-refractivity contribution in [2.45, 2.75) is 57.1 Å². The molecule has 1 aliphatic heterocycles. The van der Waals surface area contributed by atoms with Gasteiger partial charge in [0.2, 0.25) is 5.88 Å². The van der Waals surface area contributed by atoms with Crippen LogP contribution in [0.3, 0.4) is 0 Å². The van der Waals surface area contributed by atoms with Gasteiger partial charge >= 0.3 is 12.4 Å². The summed E-state index contributed by atoms with van der Waals surface area (Å²) in [6, 6.07) is 6.34. The van der Waals surface area contributed by atoms with E-state index in [1.807, 2.05) is 6.92 Å². The molecule has 0 saturated carbocycles. The summed E-state index contributed by atoms with van der Waals surface area (Å²) in [5.41, 5.74) is -1.71. The Labute approximate surface area is 175 Å². The van der Waals surface area contributed by atoms with Gasteiger partial charge in [0.25, 0.3) is 0 Å². The van der Waals surface area contributed by atoms with E-state index in [2.05, 4.69) is 4.98 Å². The van der Waals surface area contributed by atoms with Gasteiger partial charge < -0.3 is 9.57 Å². The van der Waals surface area contributed by atoms with Crippen LogP contribution < -0.4 is 9.57 Å². The lowest BCUT2D eigenvalue weighted by atomic mass is 9.97. The first-order valence-corrected chi connectivity index (χ1v) is 9.88. The monoisotopic (exact) mass is 448 g/mol. The van der Waals surface area contributed by atoms with Crippen LogP contribution in [0.1, 0.15) is 43.7 Å². The number of alkyl halides is 6. The number of benzene rings is 1. The highest BCUT2D eigenvalue weighted by molar-refractivity contribution is 5.29. The highest BCUT2D eigenvalue weighted by Gasteiger charge is 2.38. The number of rotatable bonds is 6. The Balaban J connectivity index is 1.67. The molecule has 4 nitrogen and oxygen atoms in total. The fourth-order valence-corrected chi connectivity index (χ4v) is 3.52. The van der Waals surface area contributed by atoms with E-state index in [-0.39, 0.29) is 12.1 Å². The quantitative estimate of drug-likeness (QED) is 0.499. The van der Waals surface area contributed by atoms with Crippen molar-refractivity contribution >= 4 is 0 Å². The third-order valence-corrected chi connectivity index (χ3v) is 5.00. The van der Waals surface area contributed by atoms with Gasteiger partial charge in [0, 0.05) is 31.6 Å². The number of hydrogen-bond acceptors (Lipinski definition) is 4. The molecule has 0 bridgehead atoms. The molecule has 1 fully saturated rings. The molecule has 0 aliphatic carbocycles. The van der Waals surface area contributed by atoms with E-state index in [1.54, 1.807) is 0 Å². The second-order valence-corrected chi connectivity index (χ2v) is 7.31. The van der Waals surface area contributed by atoms with Crippen molar-refractivity contribution < 1.29 is 35.9 Å². The maximum absolute atomic E-state index is 13.2. The molecule has 0 unspecified atom stereocenters. The fraction of sp³-hybridized carbons (Fsp3) is 0.476. The lowest BCUT2D eigenvalue weighted by Crippen LogP contribution is -2.47. The van der Waals surface area contributed by atoms with Crippen molar-refractivity contribution in [2.24, 2.45) is 0 Å². The lowest BCUT2D eigenvalue weighted by molar-refractivity contribution is -0.157. The van der Waals surface area contributed by atoms with Crippen LogP contribution in [0, 0.1) is 0 Å². The minimum Gasteiger partial charge on any atom is -0.490 e. The third kappa shape index (κ3) is 6.03. The van der Waals surface area contributed by atoms with Crippen molar-refractivity contribution in [3.63, 3.8) is 0 Å². The largest absolute Gasteiger partial charge is 0.490 e. The molecular weight excluding hydrogens is 426 g/mol. The molecule has 0 spiro atoms. The van der Waals surface area contributed by atoms with Crippen LogP contribution in [0.15, 0.2) is 42.6 Å². The molecule has 0 radical (unpaired) electrons. The SMILES string of the molecule is CCC[C@H]1C[C@@H](Oc2ccc(C(F)(F)F)cc2)CCN1Oc1ncccc1C(F)(F)F. The molecular formula is C21H22F6N2O2. The van der Waals surface area contributed by atoms with E-state index >= 15 is 0 Å². The van der Waals surface area contributed by atoms with Crippen LogP contribution in [0.2, 0.25) is 0 Å². The van der Waals surface area contributed by atoms with Gasteiger partial charge in [-0.25, -0.2) is 4.98 Å². The molecule has 3 rings (SSSR count). The predicted octanol–water partition coefficient (Wildman–Crippen LogP) is 6.13. The third-order valence-electron chi connectivity index (χ3n) is 5.00. The molecule has 1 aromatic heterocycles. The maximum atomic E-state index is 13.2. The highest BCUT2D eigenvalue weighted by Crippen LogP contribution is 2.36. The zero-order valence-electron chi connectivity index (χ0n) is 16.7. The summed E-state index contributed by atoms with van der Waals surface area (Å²) in [7, 11) is 0. The first-order chi connectivity index (χ1) is 14.6. The van der Waals surface area contributed by atoms with Crippen LogP contribution in [0.4, 0.5) is 26.3 Å². The Hall–Kier alpha value is -2.49. The molecule has 1 saturated heterocycles. The Morgan fingerprint density at radius 1 is 1.03 bits per heavy atom. The van der Waals surface area contributed by atoms with Gasteiger partial charge in [0.15, 0.2) is 0 Å². The summed E-state index contributed by atoms with van der Waals surface area (Å²) < 4.78 is 83.6. The first kappa shape index (κ1) is 23.2. The second-order valence-electron chi connectivity index (χ2n) is 7.31. The van der Waals surface area contributed by atoms with Crippen molar-refractivity contribution in [3.05, 3.63) is 53.7 Å². The van der Waals surface area contributed by atoms with E-state index in [4.69, 9.17) is 9.57 Å². The molecule has 2 atom stereocenters. The Morgan fingerprint density at radius 3 is 2.35 bits per heavy atom. The van der Waals surface area contributed by atoms with Gasteiger partial charge in [-0.3, -0.25) is 0 Å². The maximum Gasteiger partial charge on any atom is 0.421 e. The van der Waals surface area contributed by atoms with Gasteiger partial charge in [-0.2, -0.15) is 26.3 Å². The smallest absolute Gasteiger partial charge is 0.421 e. The average molecular weight is 448 g/mol. The summed E-state index contributed by atoms with van der Waals surface area (Å²) >= 11 is 0. The average Bonchev–Trinajstić information content (AvgIpc) is 2.69. The van der Waals surface area contributed by atoms with E-state index in [0.29, 0.717) is 31.6 Å². The predicted molar refractivity (Wildman–Crippen MR) is 100 cm³/mol. The van der Waals surface area contributed by atoms with Gasteiger partial charge in [0.1, 0.15) is 17.4 Å². The Bertz CT molecular complexity index is 854. The van der Waals surface area contributed by atoms with Crippen molar-refractivity contribution in [3.8, 4) is 11.6 Å². The summed E-state index contributed by atoms with van der Waals surface area (Å²) in [5, 5.41) is 1.49. The van der Waals surface area contributed by atoms with Gasteiger partial charge in [-0.05, 0) is 42.8 Å². The first-order valence-electron chi connectivity index (χ1n) is 9.88. The van der Waals surface area contributed by atoms with Crippen molar-refractivity contribution in [1.82, 2.24) is 10.0 Å². The van der Waals surface area contributed by atoms with E-state index in [9.17, 15) is 26.3 Å². The summed E-state index contributed by atoms with van der Waals surface area (Å²) in [6.07, 6.45) is -5.74. The number of aromatic nitrogens is 1. The highest BCUT2D eigenvalue weighted by atomic mass is 19.4. The summed E-state index contributed by atoms with van der Waals surface area (Å²) in [5.74, 6) is -0.190. The van der Waals surface area contributed by atoms with Gasteiger partial charge in [-0.1, -0.05) is 13.3 Å². The summed E-state index contributed by atoms with van der Waals surface area (Å²) in [6.45, 7) is 2.24. The number of ether oxygens (including phenoxy) is 1. The van der Waals surface area contributed by atoms with Crippen LogP contribution in [0.25, 0.3) is 0 Å². The molecule has 0 N–H and O–H groups in total. The van der Waals surface area contributed by atoms with E-state index in [0.717, 1.165) is 24.6 Å². The van der Waals surface area contributed by atoms with Crippen molar-refractivity contribution in [1.29, 1.82) is 0 Å². The number of nitrogens with zero attached hydrogens (tertiary/aromatic N) is 2. The zero-order valence-corrected chi connectivity index (χ0v) is 16.7. The Morgan fingerprint density at radius 2 is 1.74 bits per heavy atom. The van der Waals surface area contributed by atoms with Gasteiger partial charge in [0.05, 0.1) is 5.56 Å². The number of hydrogen-bond donors (Lipinski definition) is 0. The number of pyridine rings is 1. The standard InChI is InChI=1S/C21H22F6N2O2/c1-2-4-15-13-17(30-16-8-6-14(7-9-16)20(22,23)24)10-12-29(15)31-19-18(21(25,26)27)5-3-11-28-19/h3,5-9,11,15,17H,2,4,10,12-13H2,1H3/t15-,17-/m0/s1. The molecule has 170 valence electrons. The molecule has 1 aliphatic rings. The van der Waals surface area contributed by atoms with Crippen LogP contribution in [-0.4, -0.2) is 28.7 Å². The fourth-order valence-electron chi connectivity index (χ4n) is 3.52. The number of piperidine rings is 1. The van der Waals surface area contributed by atoms with Crippen LogP contribution in [-0.2, 0) is 12.4 Å². The second kappa shape index (κ2) is 9.33. The number of hydroxylamine groups is 2. The van der Waals surface area contributed by atoms with E-state index < -0.39 is 29.4 Å². The van der Waals surface area contributed by atoms with Gasteiger partial charge in [-0.15, -0.1) is 5.06 Å². The molecule has 1 aromatic carbocycles. The molecule has 0 amide bonds. The van der Waals surface area contributed by atoms with E-state index in [1.165, 1.54) is 29.5 Å². The topological polar surface area (TPSA) is 34.6 Å². The van der Waals surface area contributed by atoms with Crippen LogP contribution in [0.5, 0.6) is 11.6 Å². The molecule has 10 heteroatoms. The van der Waals surface area contributed by atoms with Crippen molar-refractivity contribution in [2.75, 3.05) is 6.54 Å². The molecule has 2 aromatic rings. The van der Waals surface area contributed by atoms with Crippen LogP contribution >= 0.6 is 0 Å². The minimum atomic E-state index is -4.59. The lowest BCUT2D eigenvalue weighted by Gasteiger charge is -2.38.